The summed E-state index contributed by atoms with van der Waals surface area (Å²) in [5, 5.41) is 0. The van der Waals surface area contributed by atoms with Crippen LogP contribution in [0, 0.1) is 12.3 Å². The predicted octanol–water partition coefficient (Wildman–Crippen LogP) is -1.18. The predicted molar refractivity (Wildman–Crippen MR) is 30.6 cm³/mol. The SMILES string of the molecule is C#CCC(N)C(N)=O. The van der Waals surface area contributed by atoms with Crippen LogP contribution in [-0.2, 0) is 4.79 Å². The zero-order valence-corrected chi connectivity index (χ0v) is 4.42. The number of rotatable bonds is 2. The van der Waals surface area contributed by atoms with E-state index in [2.05, 4.69) is 5.92 Å². The molecule has 8 heavy (non-hydrogen) atoms. The number of primary amides is 1. The van der Waals surface area contributed by atoms with Gasteiger partial charge in [-0.2, -0.15) is 0 Å². The fraction of sp³-hybridized carbons (Fsp3) is 0.400. The van der Waals surface area contributed by atoms with Crippen LogP contribution in [0.5, 0.6) is 0 Å². The first-order valence-corrected chi connectivity index (χ1v) is 2.17. The minimum Gasteiger partial charge on any atom is -0.368 e. The van der Waals surface area contributed by atoms with Gasteiger partial charge in [-0.05, 0) is 0 Å². The zero-order valence-electron chi connectivity index (χ0n) is 4.42. The normalized spacial score (nSPS) is 12.0. The smallest absolute Gasteiger partial charge is 0.235 e. The Morgan fingerprint density at radius 2 is 2.38 bits per heavy atom. The lowest BCUT2D eigenvalue weighted by molar-refractivity contribution is -0.119. The second kappa shape index (κ2) is 3.05. The Kier molecular flexibility index (Phi) is 2.67. The van der Waals surface area contributed by atoms with Gasteiger partial charge in [-0.25, -0.2) is 0 Å². The van der Waals surface area contributed by atoms with E-state index in [4.69, 9.17) is 17.9 Å². The lowest BCUT2D eigenvalue weighted by atomic mass is 10.2. The van der Waals surface area contributed by atoms with E-state index in [0.29, 0.717) is 0 Å². The molecule has 3 heteroatoms. The van der Waals surface area contributed by atoms with Gasteiger partial charge in [0.25, 0.3) is 0 Å². The summed E-state index contributed by atoms with van der Waals surface area (Å²) in [7, 11) is 0. The summed E-state index contributed by atoms with van der Waals surface area (Å²) in [5.74, 6) is 1.67. The van der Waals surface area contributed by atoms with E-state index in [9.17, 15) is 4.79 Å². The van der Waals surface area contributed by atoms with Crippen LogP contribution in [-0.4, -0.2) is 11.9 Å². The molecular formula is C5H8N2O. The van der Waals surface area contributed by atoms with Crippen LogP contribution < -0.4 is 11.5 Å². The van der Waals surface area contributed by atoms with Gasteiger partial charge in [-0.15, -0.1) is 12.3 Å². The highest BCUT2D eigenvalue weighted by molar-refractivity contribution is 5.79. The number of terminal acetylenes is 1. The van der Waals surface area contributed by atoms with Crippen molar-refractivity contribution in [1.29, 1.82) is 0 Å². The summed E-state index contributed by atoms with van der Waals surface area (Å²) in [6.07, 6.45) is 5.05. The Balaban J connectivity index is 3.52. The lowest BCUT2D eigenvalue weighted by Crippen LogP contribution is -2.35. The summed E-state index contributed by atoms with van der Waals surface area (Å²) in [6.45, 7) is 0. The van der Waals surface area contributed by atoms with Crippen molar-refractivity contribution in [3.05, 3.63) is 0 Å². The Hall–Kier alpha value is -1.01. The average Bonchev–Trinajstić information content (AvgIpc) is 1.67. The van der Waals surface area contributed by atoms with Gasteiger partial charge in [0.1, 0.15) is 0 Å². The maximum absolute atomic E-state index is 10.1. The highest BCUT2D eigenvalue weighted by Gasteiger charge is 2.04. The van der Waals surface area contributed by atoms with Crippen molar-refractivity contribution < 1.29 is 4.79 Å². The molecule has 3 nitrogen and oxygen atoms in total. The first-order chi connectivity index (χ1) is 3.68. The molecule has 0 aliphatic rings. The van der Waals surface area contributed by atoms with E-state index in [0.717, 1.165) is 0 Å². The third-order valence-electron chi connectivity index (χ3n) is 0.703. The Bertz CT molecular complexity index is 125. The number of carbonyl (C=O) groups is 1. The molecule has 0 saturated carbocycles. The first kappa shape index (κ1) is 6.99. The van der Waals surface area contributed by atoms with Gasteiger partial charge in [0, 0.05) is 6.42 Å². The largest absolute Gasteiger partial charge is 0.368 e. The second-order valence-electron chi connectivity index (χ2n) is 1.42. The highest BCUT2D eigenvalue weighted by atomic mass is 16.1. The molecule has 0 aromatic heterocycles. The molecule has 0 saturated heterocycles. The van der Waals surface area contributed by atoms with Gasteiger partial charge in [0.2, 0.25) is 5.91 Å². The van der Waals surface area contributed by atoms with E-state index >= 15 is 0 Å². The van der Waals surface area contributed by atoms with Gasteiger partial charge >= 0.3 is 0 Å². The van der Waals surface area contributed by atoms with Crippen LogP contribution in [0.2, 0.25) is 0 Å². The van der Waals surface area contributed by atoms with Crippen molar-refractivity contribution in [2.45, 2.75) is 12.5 Å². The fourth-order valence-corrected chi connectivity index (χ4v) is 0.228. The average molecular weight is 112 g/mol. The Morgan fingerprint density at radius 3 is 2.50 bits per heavy atom. The van der Waals surface area contributed by atoms with E-state index < -0.39 is 11.9 Å². The number of hydrogen-bond acceptors (Lipinski definition) is 2. The van der Waals surface area contributed by atoms with Crippen LogP contribution in [0.4, 0.5) is 0 Å². The van der Waals surface area contributed by atoms with E-state index in [-0.39, 0.29) is 6.42 Å². The van der Waals surface area contributed by atoms with Gasteiger partial charge in [-0.1, -0.05) is 0 Å². The summed E-state index contributed by atoms with van der Waals surface area (Å²) < 4.78 is 0. The number of nitrogens with two attached hydrogens (primary N) is 2. The Labute approximate surface area is 48.0 Å². The molecule has 0 aromatic rings. The topological polar surface area (TPSA) is 69.1 Å². The van der Waals surface area contributed by atoms with Gasteiger partial charge in [0.15, 0.2) is 0 Å². The number of amides is 1. The minimum atomic E-state index is -0.681. The molecule has 1 unspecified atom stereocenters. The third-order valence-corrected chi connectivity index (χ3v) is 0.703. The molecule has 4 N–H and O–H groups in total. The molecule has 1 atom stereocenters. The van der Waals surface area contributed by atoms with Crippen LogP contribution in [0.15, 0.2) is 0 Å². The molecule has 0 heterocycles. The van der Waals surface area contributed by atoms with E-state index in [1.54, 1.807) is 0 Å². The molecule has 0 aliphatic carbocycles. The molecule has 1 amide bonds. The molecule has 0 rings (SSSR count). The highest BCUT2D eigenvalue weighted by Crippen LogP contribution is 1.80. The van der Waals surface area contributed by atoms with Crippen molar-refractivity contribution in [3.63, 3.8) is 0 Å². The molecule has 0 spiro atoms. The van der Waals surface area contributed by atoms with E-state index in [1.807, 2.05) is 0 Å². The van der Waals surface area contributed by atoms with E-state index in [1.165, 1.54) is 0 Å². The minimum absolute atomic E-state index is 0.218. The summed E-state index contributed by atoms with van der Waals surface area (Å²) in [5.41, 5.74) is 9.87. The number of carbonyl (C=O) groups excluding carboxylic acids is 1. The molecular weight excluding hydrogens is 104 g/mol. The monoisotopic (exact) mass is 112 g/mol. The van der Waals surface area contributed by atoms with Crippen LogP contribution in [0.3, 0.4) is 0 Å². The third kappa shape index (κ3) is 2.21. The van der Waals surface area contributed by atoms with Crippen LogP contribution in [0.1, 0.15) is 6.42 Å². The molecule has 0 aliphatic heterocycles. The summed E-state index contributed by atoms with van der Waals surface area (Å²) in [4.78, 5) is 10.1. The summed E-state index contributed by atoms with van der Waals surface area (Å²) >= 11 is 0. The maximum atomic E-state index is 10.1. The molecule has 0 radical (unpaired) electrons. The van der Waals surface area contributed by atoms with Gasteiger partial charge in [0.05, 0.1) is 6.04 Å². The van der Waals surface area contributed by atoms with Crippen LogP contribution >= 0.6 is 0 Å². The number of hydrogen-bond donors (Lipinski definition) is 2. The second-order valence-corrected chi connectivity index (χ2v) is 1.42. The Morgan fingerprint density at radius 1 is 1.88 bits per heavy atom. The quantitative estimate of drug-likeness (QED) is 0.441. The van der Waals surface area contributed by atoms with Crippen molar-refractivity contribution in [2.75, 3.05) is 0 Å². The fourth-order valence-electron chi connectivity index (χ4n) is 0.228. The molecule has 44 valence electrons. The molecule has 0 bridgehead atoms. The molecule has 0 aromatic carbocycles. The molecule has 0 fully saturated rings. The van der Waals surface area contributed by atoms with Crippen molar-refractivity contribution >= 4 is 5.91 Å². The van der Waals surface area contributed by atoms with Gasteiger partial charge < -0.3 is 11.5 Å². The summed E-state index contributed by atoms with van der Waals surface area (Å²) in [6, 6.07) is -0.681. The zero-order chi connectivity index (χ0) is 6.57. The standard InChI is InChI=1S/C5H8N2O/c1-2-3-4(6)5(7)8/h1,4H,3,6H2,(H2,7,8). The lowest BCUT2D eigenvalue weighted by Gasteiger charge is -1.98. The van der Waals surface area contributed by atoms with Crippen molar-refractivity contribution in [3.8, 4) is 12.3 Å². The van der Waals surface area contributed by atoms with Gasteiger partial charge in [-0.3, -0.25) is 4.79 Å². The van der Waals surface area contributed by atoms with Crippen molar-refractivity contribution in [1.82, 2.24) is 0 Å². The van der Waals surface area contributed by atoms with Crippen LogP contribution in [0.25, 0.3) is 0 Å². The van der Waals surface area contributed by atoms with Crippen molar-refractivity contribution in [2.24, 2.45) is 11.5 Å². The maximum Gasteiger partial charge on any atom is 0.235 e. The first-order valence-electron chi connectivity index (χ1n) is 2.17.